The highest BCUT2D eigenvalue weighted by Gasteiger charge is 2.51. The SMILES string of the molecule is COC(=O)C1(c2ccc(F)c(Br)c2)NC(=O)c2ccccc21. The summed E-state index contributed by atoms with van der Waals surface area (Å²) >= 11 is 3.10. The maximum absolute atomic E-state index is 13.5. The van der Waals surface area contributed by atoms with E-state index in [9.17, 15) is 14.0 Å². The molecule has 1 unspecified atom stereocenters. The number of benzene rings is 2. The van der Waals surface area contributed by atoms with Crippen LogP contribution in [-0.2, 0) is 15.1 Å². The van der Waals surface area contributed by atoms with E-state index in [4.69, 9.17) is 4.74 Å². The van der Waals surface area contributed by atoms with Crippen molar-refractivity contribution in [2.24, 2.45) is 0 Å². The molecule has 0 spiro atoms. The van der Waals surface area contributed by atoms with Gasteiger partial charge in [-0.25, -0.2) is 9.18 Å². The van der Waals surface area contributed by atoms with Gasteiger partial charge in [-0.15, -0.1) is 0 Å². The normalized spacial score (nSPS) is 19.5. The van der Waals surface area contributed by atoms with Crippen molar-refractivity contribution in [2.75, 3.05) is 7.11 Å². The molecule has 22 heavy (non-hydrogen) atoms. The first-order valence-electron chi connectivity index (χ1n) is 6.46. The summed E-state index contributed by atoms with van der Waals surface area (Å²) in [6.07, 6.45) is 0. The Labute approximate surface area is 134 Å². The molecule has 1 N–H and O–H groups in total. The minimum atomic E-state index is -1.47. The molecule has 0 aliphatic carbocycles. The van der Waals surface area contributed by atoms with Gasteiger partial charge >= 0.3 is 5.97 Å². The Bertz CT molecular complexity index is 793. The van der Waals surface area contributed by atoms with Gasteiger partial charge < -0.3 is 10.1 Å². The van der Waals surface area contributed by atoms with Gasteiger partial charge in [0.05, 0.1) is 11.6 Å². The molecule has 1 heterocycles. The summed E-state index contributed by atoms with van der Waals surface area (Å²) in [5.74, 6) is -1.47. The van der Waals surface area contributed by atoms with Crippen LogP contribution >= 0.6 is 15.9 Å². The van der Waals surface area contributed by atoms with Crippen molar-refractivity contribution < 1.29 is 18.7 Å². The lowest BCUT2D eigenvalue weighted by Crippen LogP contribution is -2.48. The molecule has 1 amide bonds. The summed E-state index contributed by atoms with van der Waals surface area (Å²) in [4.78, 5) is 24.7. The van der Waals surface area contributed by atoms with Crippen LogP contribution in [0.2, 0.25) is 0 Å². The number of halogens is 2. The van der Waals surface area contributed by atoms with E-state index >= 15 is 0 Å². The molecule has 2 aromatic rings. The van der Waals surface area contributed by atoms with Crippen molar-refractivity contribution in [3.8, 4) is 0 Å². The average molecular weight is 364 g/mol. The first-order chi connectivity index (χ1) is 10.5. The molecule has 0 radical (unpaired) electrons. The third kappa shape index (κ3) is 1.94. The smallest absolute Gasteiger partial charge is 0.341 e. The molecule has 0 saturated carbocycles. The van der Waals surface area contributed by atoms with E-state index in [0.717, 1.165) is 0 Å². The number of ether oxygens (including phenoxy) is 1. The fraction of sp³-hybridized carbons (Fsp3) is 0.125. The van der Waals surface area contributed by atoms with Crippen LogP contribution in [0, 0.1) is 5.82 Å². The summed E-state index contributed by atoms with van der Waals surface area (Å²) in [7, 11) is 1.25. The van der Waals surface area contributed by atoms with Crippen LogP contribution in [0.15, 0.2) is 46.9 Å². The van der Waals surface area contributed by atoms with Crippen LogP contribution in [0.25, 0.3) is 0 Å². The lowest BCUT2D eigenvalue weighted by Gasteiger charge is -2.28. The lowest BCUT2D eigenvalue weighted by atomic mass is 9.83. The Morgan fingerprint density at radius 2 is 2.00 bits per heavy atom. The van der Waals surface area contributed by atoms with E-state index in [0.29, 0.717) is 16.7 Å². The molecule has 0 bridgehead atoms. The number of nitrogens with one attached hydrogen (secondary N) is 1. The Hall–Kier alpha value is -2.21. The van der Waals surface area contributed by atoms with Crippen LogP contribution < -0.4 is 5.32 Å². The van der Waals surface area contributed by atoms with Crippen LogP contribution in [-0.4, -0.2) is 19.0 Å². The van der Waals surface area contributed by atoms with Gasteiger partial charge in [0.1, 0.15) is 5.82 Å². The molecule has 3 rings (SSSR count). The number of amides is 1. The van der Waals surface area contributed by atoms with Crippen molar-refractivity contribution in [3.63, 3.8) is 0 Å². The van der Waals surface area contributed by atoms with Crippen molar-refractivity contribution in [1.82, 2.24) is 5.32 Å². The fourth-order valence-corrected chi connectivity index (χ4v) is 3.08. The van der Waals surface area contributed by atoms with Crippen molar-refractivity contribution in [2.45, 2.75) is 5.54 Å². The number of carbonyl (C=O) groups excluding carboxylic acids is 2. The van der Waals surface area contributed by atoms with Gasteiger partial charge in [0, 0.05) is 11.1 Å². The first kappa shape index (κ1) is 14.7. The van der Waals surface area contributed by atoms with Gasteiger partial charge in [-0.2, -0.15) is 0 Å². The lowest BCUT2D eigenvalue weighted by molar-refractivity contribution is -0.146. The zero-order valence-electron chi connectivity index (χ0n) is 11.5. The summed E-state index contributed by atoms with van der Waals surface area (Å²) < 4.78 is 18.6. The topological polar surface area (TPSA) is 55.4 Å². The monoisotopic (exact) mass is 363 g/mol. The van der Waals surface area contributed by atoms with Gasteiger partial charge in [-0.3, -0.25) is 4.79 Å². The van der Waals surface area contributed by atoms with Crippen LogP contribution in [0.3, 0.4) is 0 Å². The van der Waals surface area contributed by atoms with Gasteiger partial charge in [0.2, 0.25) is 0 Å². The minimum Gasteiger partial charge on any atom is -0.467 e. The van der Waals surface area contributed by atoms with E-state index in [-0.39, 0.29) is 10.4 Å². The van der Waals surface area contributed by atoms with Crippen LogP contribution in [0.4, 0.5) is 4.39 Å². The van der Waals surface area contributed by atoms with Gasteiger partial charge in [0.15, 0.2) is 5.54 Å². The third-order valence-corrected chi connectivity index (χ3v) is 4.33. The molecule has 4 nitrogen and oxygen atoms in total. The molecule has 2 aromatic carbocycles. The average Bonchev–Trinajstić information content (AvgIpc) is 2.84. The van der Waals surface area contributed by atoms with E-state index < -0.39 is 17.3 Å². The van der Waals surface area contributed by atoms with Gasteiger partial charge in [-0.05, 0) is 39.7 Å². The highest BCUT2D eigenvalue weighted by molar-refractivity contribution is 9.10. The van der Waals surface area contributed by atoms with E-state index in [1.54, 1.807) is 24.3 Å². The summed E-state index contributed by atoms with van der Waals surface area (Å²) in [5.41, 5.74) is -0.164. The van der Waals surface area contributed by atoms with E-state index in [1.807, 2.05) is 0 Å². The minimum absolute atomic E-state index is 0.201. The summed E-state index contributed by atoms with van der Waals surface area (Å²) in [5, 5.41) is 2.69. The molecule has 1 aliphatic heterocycles. The molecular weight excluding hydrogens is 353 g/mol. The second-order valence-corrected chi connectivity index (χ2v) is 5.72. The zero-order chi connectivity index (χ0) is 15.9. The molecule has 0 saturated heterocycles. The number of fused-ring (bicyclic) bond motifs is 1. The number of methoxy groups -OCH3 is 1. The highest BCUT2D eigenvalue weighted by atomic mass is 79.9. The summed E-state index contributed by atoms with van der Waals surface area (Å²) in [6.45, 7) is 0. The van der Waals surface area contributed by atoms with Gasteiger partial charge in [0.25, 0.3) is 5.91 Å². The zero-order valence-corrected chi connectivity index (χ0v) is 13.1. The third-order valence-electron chi connectivity index (χ3n) is 3.72. The quantitative estimate of drug-likeness (QED) is 0.834. The fourth-order valence-electron chi connectivity index (χ4n) is 2.70. The number of hydrogen-bond donors (Lipinski definition) is 1. The number of hydrogen-bond acceptors (Lipinski definition) is 3. The highest BCUT2D eigenvalue weighted by Crippen LogP contribution is 2.39. The van der Waals surface area contributed by atoms with Gasteiger partial charge in [-0.1, -0.05) is 24.3 Å². The maximum Gasteiger partial charge on any atom is 0.341 e. The Kier molecular flexibility index (Phi) is 3.48. The molecule has 1 atom stereocenters. The first-order valence-corrected chi connectivity index (χ1v) is 7.26. The predicted octanol–water partition coefficient (Wildman–Crippen LogP) is 2.75. The van der Waals surface area contributed by atoms with Crippen LogP contribution in [0.1, 0.15) is 21.5 Å². The molecule has 0 aromatic heterocycles. The Morgan fingerprint density at radius 3 is 2.68 bits per heavy atom. The summed E-state index contributed by atoms with van der Waals surface area (Å²) in [6, 6.07) is 10.9. The number of carbonyl (C=O) groups is 2. The second kappa shape index (κ2) is 5.21. The van der Waals surface area contributed by atoms with Crippen molar-refractivity contribution >= 4 is 27.8 Å². The predicted molar refractivity (Wildman–Crippen MR) is 80.8 cm³/mol. The number of esters is 1. The largest absolute Gasteiger partial charge is 0.467 e. The number of rotatable bonds is 2. The molecule has 112 valence electrons. The molecular formula is C16H11BrFNO3. The van der Waals surface area contributed by atoms with E-state index in [2.05, 4.69) is 21.2 Å². The second-order valence-electron chi connectivity index (χ2n) is 4.87. The van der Waals surface area contributed by atoms with Crippen LogP contribution in [0.5, 0.6) is 0 Å². The van der Waals surface area contributed by atoms with Crippen molar-refractivity contribution in [1.29, 1.82) is 0 Å². The molecule has 0 fully saturated rings. The maximum atomic E-state index is 13.5. The van der Waals surface area contributed by atoms with E-state index in [1.165, 1.54) is 25.3 Å². The standard InChI is InChI=1S/C16H11BrFNO3/c1-22-15(21)16(9-6-7-13(18)12(17)8-9)11-5-3-2-4-10(11)14(20)19-16/h2-8H,1H3,(H,19,20). The van der Waals surface area contributed by atoms with Crippen molar-refractivity contribution in [3.05, 3.63) is 69.4 Å². The Balaban J connectivity index is 2.30. The molecule has 6 heteroatoms. The molecule has 1 aliphatic rings. The Morgan fingerprint density at radius 1 is 1.27 bits per heavy atom.